The molecule has 0 spiro atoms. The Morgan fingerprint density at radius 3 is 3.19 bits per heavy atom. The zero-order valence-corrected chi connectivity index (χ0v) is 14.8. The average molecular weight is 370 g/mol. The molecule has 1 amide bonds. The molecule has 1 unspecified atom stereocenters. The van der Waals surface area contributed by atoms with Gasteiger partial charge in [0.1, 0.15) is 17.4 Å². The third-order valence-electron chi connectivity index (χ3n) is 4.24. The smallest absolute Gasteiger partial charge is 0.412 e. The molecular weight excluding hydrogens is 352 g/mol. The lowest BCUT2D eigenvalue weighted by molar-refractivity contribution is 0.155. The molecule has 0 aliphatic carbocycles. The molecule has 0 radical (unpaired) electrons. The minimum Gasteiger partial charge on any atom is -0.493 e. The van der Waals surface area contributed by atoms with Crippen LogP contribution in [0, 0.1) is 0 Å². The molecule has 2 N–H and O–H groups in total. The molecular formula is C18H18N4O3S. The van der Waals surface area contributed by atoms with E-state index < -0.39 is 6.09 Å². The van der Waals surface area contributed by atoms with Gasteiger partial charge < -0.3 is 14.5 Å². The summed E-state index contributed by atoms with van der Waals surface area (Å²) in [4.78, 5) is 23.4. The molecule has 0 saturated carbocycles. The van der Waals surface area contributed by atoms with Crippen LogP contribution in [0.5, 0.6) is 5.75 Å². The van der Waals surface area contributed by atoms with Gasteiger partial charge in [0, 0.05) is 23.5 Å². The number of amides is 1. The number of thiazole rings is 1. The van der Waals surface area contributed by atoms with Crippen molar-refractivity contribution in [1.29, 1.82) is 0 Å². The Kier molecular flexibility index (Phi) is 4.83. The summed E-state index contributed by atoms with van der Waals surface area (Å²) in [7, 11) is 0. The zero-order chi connectivity index (χ0) is 17.8. The van der Waals surface area contributed by atoms with Crippen molar-refractivity contribution < 1.29 is 14.3 Å². The molecule has 3 aromatic rings. The van der Waals surface area contributed by atoms with E-state index in [0.717, 1.165) is 34.9 Å². The number of rotatable bonds is 5. The first-order valence-electron chi connectivity index (χ1n) is 8.34. The van der Waals surface area contributed by atoms with Crippen LogP contribution in [0.25, 0.3) is 0 Å². The van der Waals surface area contributed by atoms with Gasteiger partial charge in [-0.3, -0.25) is 5.32 Å². The Balaban J connectivity index is 1.44. The van der Waals surface area contributed by atoms with Crippen molar-refractivity contribution >= 4 is 23.1 Å². The standard InChI is InChI=1S/C18H18N4O3S/c23-18(25-10-17-20-4-6-26-17)22-13-1-2-16-15(8-13)12(3-5-24-16)7-14-9-19-11-21-14/h1-2,4,6,8-9,11-12H,3,5,7,10H2,(H,19,21)(H,22,23). The summed E-state index contributed by atoms with van der Waals surface area (Å²) in [6, 6.07) is 5.67. The molecule has 1 atom stereocenters. The first-order valence-corrected chi connectivity index (χ1v) is 9.22. The van der Waals surface area contributed by atoms with Crippen LogP contribution in [-0.2, 0) is 17.8 Å². The van der Waals surface area contributed by atoms with Crippen LogP contribution in [0.1, 0.15) is 28.6 Å². The fraction of sp³-hybridized carbons (Fsp3) is 0.278. The molecule has 0 bridgehead atoms. The van der Waals surface area contributed by atoms with E-state index >= 15 is 0 Å². The second kappa shape index (κ2) is 7.57. The number of hydrogen-bond acceptors (Lipinski definition) is 6. The van der Waals surface area contributed by atoms with Crippen molar-refractivity contribution in [3.8, 4) is 5.75 Å². The number of H-pyrrole nitrogens is 1. The molecule has 1 aromatic carbocycles. The maximum Gasteiger partial charge on any atom is 0.412 e. The number of hydrogen-bond donors (Lipinski definition) is 2. The summed E-state index contributed by atoms with van der Waals surface area (Å²) in [5.41, 5.74) is 2.78. The highest BCUT2D eigenvalue weighted by Crippen LogP contribution is 2.37. The van der Waals surface area contributed by atoms with Crippen LogP contribution in [0.2, 0.25) is 0 Å². The van der Waals surface area contributed by atoms with Crippen LogP contribution >= 0.6 is 11.3 Å². The maximum absolute atomic E-state index is 12.0. The van der Waals surface area contributed by atoms with Crippen molar-refractivity contribution in [2.45, 2.75) is 25.4 Å². The average Bonchev–Trinajstić information content (AvgIpc) is 3.34. The van der Waals surface area contributed by atoms with E-state index in [1.54, 1.807) is 12.5 Å². The lowest BCUT2D eigenvalue weighted by Crippen LogP contribution is -2.18. The Morgan fingerprint density at radius 1 is 1.42 bits per heavy atom. The predicted molar refractivity (Wildman–Crippen MR) is 97.5 cm³/mol. The molecule has 0 fully saturated rings. The lowest BCUT2D eigenvalue weighted by atomic mass is 9.89. The molecule has 1 aliphatic rings. The summed E-state index contributed by atoms with van der Waals surface area (Å²) in [6.45, 7) is 0.851. The van der Waals surface area contributed by atoms with Gasteiger partial charge in [-0.25, -0.2) is 14.8 Å². The molecule has 3 heterocycles. The Morgan fingerprint density at radius 2 is 2.38 bits per heavy atom. The van der Waals surface area contributed by atoms with E-state index in [4.69, 9.17) is 9.47 Å². The molecule has 2 aromatic heterocycles. The fourth-order valence-electron chi connectivity index (χ4n) is 3.02. The molecule has 1 aliphatic heterocycles. The van der Waals surface area contributed by atoms with E-state index in [0.29, 0.717) is 18.2 Å². The number of imidazole rings is 1. The summed E-state index contributed by atoms with van der Waals surface area (Å²) in [5, 5.41) is 5.38. The van der Waals surface area contributed by atoms with Gasteiger partial charge in [-0.2, -0.15) is 0 Å². The van der Waals surface area contributed by atoms with Gasteiger partial charge in [0.25, 0.3) is 0 Å². The van der Waals surface area contributed by atoms with Crippen LogP contribution < -0.4 is 10.1 Å². The number of aromatic amines is 1. The number of carbonyl (C=O) groups excluding carboxylic acids is 1. The van der Waals surface area contributed by atoms with Gasteiger partial charge in [0.05, 0.1) is 18.6 Å². The number of carbonyl (C=O) groups is 1. The van der Waals surface area contributed by atoms with Crippen LogP contribution in [0.15, 0.2) is 42.3 Å². The van der Waals surface area contributed by atoms with E-state index in [1.165, 1.54) is 11.3 Å². The summed E-state index contributed by atoms with van der Waals surface area (Å²) >= 11 is 1.45. The number of ether oxygens (including phenoxy) is 2. The summed E-state index contributed by atoms with van der Waals surface area (Å²) in [6.07, 6.45) is 6.53. The second-order valence-electron chi connectivity index (χ2n) is 5.98. The largest absolute Gasteiger partial charge is 0.493 e. The number of nitrogens with one attached hydrogen (secondary N) is 2. The zero-order valence-electron chi connectivity index (χ0n) is 14.0. The highest BCUT2D eigenvalue weighted by atomic mass is 32.1. The van der Waals surface area contributed by atoms with E-state index in [1.807, 2.05) is 29.8 Å². The highest BCUT2D eigenvalue weighted by Gasteiger charge is 2.23. The van der Waals surface area contributed by atoms with Gasteiger partial charge in [-0.05, 0) is 42.5 Å². The monoisotopic (exact) mass is 370 g/mol. The maximum atomic E-state index is 12.0. The third kappa shape index (κ3) is 3.85. The minimum absolute atomic E-state index is 0.166. The number of fused-ring (bicyclic) bond motifs is 1. The second-order valence-corrected chi connectivity index (χ2v) is 6.96. The van der Waals surface area contributed by atoms with Gasteiger partial charge >= 0.3 is 6.09 Å². The summed E-state index contributed by atoms with van der Waals surface area (Å²) < 4.78 is 10.9. The molecule has 7 nitrogen and oxygen atoms in total. The third-order valence-corrected chi connectivity index (χ3v) is 4.99. The minimum atomic E-state index is -0.499. The van der Waals surface area contributed by atoms with Crippen molar-refractivity contribution in [3.63, 3.8) is 0 Å². The van der Waals surface area contributed by atoms with Crippen LogP contribution in [-0.4, -0.2) is 27.7 Å². The molecule has 8 heteroatoms. The van der Waals surface area contributed by atoms with Gasteiger partial charge in [-0.15, -0.1) is 11.3 Å². The Bertz CT molecular complexity index is 865. The number of aromatic nitrogens is 3. The normalized spacial score (nSPS) is 15.8. The van der Waals surface area contributed by atoms with Crippen molar-refractivity contribution in [2.75, 3.05) is 11.9 Å². The molecule has 4 rings (SSSR count). The number of anilines is 1. The fourth-order valence-corrected chi connectivity index (χ4v) is 3.54. The van der Waals surface area contributed by atoms with Crippen molar-refractivity contribution in [1.82, 2.24) is 15.0 Å². The van der Waals surface area contributed by atoms with Crippen molar-refractivity contribution in [2.24, 2.45) is 0 Å². The first kappa shape index (κ1) is 16.6. The predicted octanol–water partition coefficient (Wildman–Crippen LogP) is 3.72. The summed E-state index contributed by atoms with van der Waals surface area (Å²) in [5.74, 6) is 1.16. The van der Waals surface area contributed by atoms with Crippen molar-refractivity contribution in [3.05, 3.63) is 58.6 Å². The molecule has 0 saturated heterocycles. The van der Waals surface area contributed by atoms with E-state index in [2.05, 4.69) is 20.3 Å². The topological polar surface area (TPSA) is 89.1 Å². The quantitative estimate of drug-likeness (QED) is 0.714. The SMILES string of the molecule is O=C(Nc1ccc2c(c1)C(Cc1c[nH]cn1)CCO2)OCc1nccs1. The Hall–Kier alpha value is -2.87. The van der Waals surface area contributed by atoms with E-state index in [-0.39, 0.29) is 6.61 Å². The molecule has 134 valence electrons. The lowest BCUT2D eigenvalue weighted by Gasteiger charge is -2.26. The molecule has 26 heavy (non-hydrogen) atoms. The van der Waals surface area contributed by atoms with Crippen LogP contribution in [0.3, 0.4) is 0 Å². The number of nitrogens with zero attached hydrogens (tertiary/aromatic N) is 2. The Labute approximate surface area is 154 Å². The van der Waals surface area contributed by atoms with E-state index in [9.17, 15) is 4.79 Å². The highest BCUT2D eigenvalue weighted by molar-refractivity contribution is 7.09. The van der Waals surface area contributed by atoms with Gasteiger partial charge in [-0.1, -0.05) is 0 Å². The van der Waals surface area contributed by atoms with Gasteiger partial charge in [0.2, 0.25) is 0 Å². The first-order chi connectivity index (χ1) is 12.8. The number of benzene rings is 1. The van der Waals surface area contributed by atoms with Gasteiger partial charge in [0.15, 0.2) is 0 Å². The van der Waals surface area contributed by atoms with Crippen LogP contribution in [0.4, 0.5) is 10.5 Å².